The number of oxazole rings is 1. The molecule has 0 aromatic carbocycles. The second kappa shape index (κ2) is 6.54. The molecule has 1 rings (SSSR count). The number of aromatic nitrogens is 1. The van der Waals surface area contributed by atoms with Gasteiger partial charge in [-0.3, -0.25) is 4.79 Å². The van der Waals surface area contributed by atoms with Crippen LogP contribution in [0.3, 0.4) is 0 Å². The molecule has 0 aliphatic carbocycles. The number of nitrogens with one attached hydrogen (secondary N) is 1. The summed E-state index contributed by atoms with van der Waals surface area (Å²) in [5.74, 6) is 0.895. The molecule has 5 nitrogen and oxygen atoms in total. The second-order valence-corrected chi connectivity index (χ2v) is 5.09. The summed E-state index contributed by atoms with van der Waals surface area (Å²) in [5, 5.41) is 2.79. The van der Waals surface area contributed by atoms with Crippen molar-refractivity contribution in [1.29, 1.82) is 0 Å². The molecule has 3 N–H and O–H groups in total. The number of hydrogen-bond acceptors (Lipinski definition) is 4. The van der Waals surface area contributed by atoms with Crippen LogP contribution < -0.4 is 11.1 Å². The van der Waals surface area contributed by atoms with Crippen LogP contribution in [0.15, 0.2) is 10.7 Å². The van der Waals surface area contributed by atoms with Crippen molar-refractivity contribution >= 4 is 5.91 Å². The van der Waals surface area contributed by atoms with E-state index in [0.717, 1.165) is 6.42 Å². The first-order chi connectivity index (χ1) is 8.45. The molecule has 1 aromatic rings. The Balaban J connectivity index is 2.65. The van der Waals surface area contributed by atoms with Gasteiger partial charge >= 0.3 is 0 Å². The van der Waals surface area contributed by atoms with E-state index in [0.29, 0.717) is 24.0 Å². The minimum Gasteiger partial charge on any atom is -0.446 e. The highest BCUT2D eigenvalue weighted by atomic mass is 16.3. The second-order valence-electron chi connectivity index (χ2n) is 5.09. The normalized spacial score (nSPS) is 14.6. The van der Waals surface area contributed by atoms with Gasteiger partial charge in [0.15, 0.2) is 5.69 Å². The Morgan fingerprint density at radius 1 is 1.50 bits per heavy atom. The topological polar surface area (TPSA) is 81.1 Å². The summed E-state index contributed by atoms with van der Waals surface area (Å²) in [6.45, 7) is 8.79. The molecule has 2 atom stereocenters. The monoisotopic (exact) mass is 253 g/mol. The number of nitrogens with two attached hydrogens (primary N) is 1. The fourth-order valence-corrected chi connectivity index (χ4v) is 1.43. The van der Waals surface area contributed by atoms with Gasteiger partial charge in [0.05, 0.1) is 6.04 Å². The van der Waals surface area contributed by atoms with E-state index < -0.39 is 0 Å². The van der Waals surface area contributed by atoms with Gasteiger partial charge in [-0.05, 0) is 11.8 Å². The Morgan fingerprint density at radius 3 is 2.72 bits per heavy atom. The maximum atomic E-state index is 11.8. The van der Waals surface area contributed by atoms with Gasteiger partial charge in [0, 0.05) is 6.54 Å². The largest absolute Gasteiger partial charge is 0.446 e. The van der Waals surface area contributed by atoms with Gasteiger partial charge in [-0.25, -0.2) is 4.98 Å². The lowest BCUT2D eigenvalue weighted by Gasteiger charge is -2.13. The number of nitrogens with zero attached hydrogens (tertiary/aromatic N) is 1. The van der Waals surface area contributed by atoms with E-state index >= 15 is 0 Å². The van der Waals surface area contributed by atoms with Gasteiger partial charge in [0.1, 0.15) is 6.26 Å². The van der Waals surface area contributed by atoms with Gasteiger partial charge in [-0.1, -0.05) is 34.1 Å². The van der Waals surface area contributed by atoms with Crippen molar-refractivity contribution < 1.29 is 9.21 Å². The predicted octanol–water partition coefficient (Wildman–Crippen LogP) is 2.11. The minimum atomic E-state index is -0.262. The molecule has 0 aliphatic rings. The maximum absolute atomic E-state index is 11.8. The van der Waals surface area contributed by atoms with E-state index in [4.69, 9.17) is 10.2 Å². The van der Waals surface area contributed by atoms with Crippen molar-refractivity contribution in [2.45, 2.75) is 40.2 Å². The molecule has 1 amide bonds. The van der Waals surface area contributed by atoms with Crippen LogP contribution in [-0.4, -0.2) is 17.4 Å². The quantitative estimate of drug-likeness (QED) is 0.813. The summed E-state index contributed by atoms with van der Waals surface area (Å²) in [6, 6.07) is -0.262. The molecule has 0 aliphatic heterocycles. The summed E-state index contributed by atoms with van der Waals surface area (Å²) in [7, 11) is 0. The first-order valence-corrected chi connectivity index (χ1v) is 6.44. The van der Waals surface area contributed by atoms with Crippen LogP contribution in [-0.2, 0) is 0 Å². The fraction of sp³-hybridized carbons (Fsp3) is 0.692. The third-order valence-electron chi connectivity index (χ3n) is 2.97. The van der Waals surface area contributed by atoms with Crippen molar-refractivity contribution in [1.82, 2.24) is 10.3 Å². The van der Waals surface area contributed by atoms with E-state index in [1.165, 1.54) is 6.26 Å². The van der Waals surface area contributed by atoms with E-state index in [2.05, 4.69) is 17.2 Å². The molecule has 0 saturated heterocycles. The molecule has 0 fully saturated rings. The van der Waals surface area contributed by atoms with Crippen molar-refractivity contribution in [2.75, 3.05) is 6.54 Å². The summed E-state index contributed by atoms with van der Waals surface area (Å²) in [5.41, 5.74) is 6.29. The standard InChI is InChI=1S/C13H23N3O2/c1-5-9(4)11(14)13-16-10(7-18-13)12(17)15-6-8(2)3/h7-9,11H,5-6,14H2,1-4H3,(H,15,17). The van der Waals surface area contributed by atoms with Gasteiger partial charge in [0.25, 0.3) is 5.91 Å². The number of carbonyl (C=O) groups is 1. The highest BCUT2D eigenvalue weighted by Crippen LogP contribution is 2.20. The van der Waals surface area contributed by atoms with Crippen LogP contribution in [0.2, 0.25) is 0 Å². The van der Waals surface area contributed by atoms with Crippen LogP contribution in [0.1, 0.15) is 56.5 Å². The van der Waals surface area contributed by atoms with Crippen molar-refractivity contribution in [3.05, 3.63) is 17.8 Å². The van der Waals surface area contributed by atoms with Gasteiger partial charge in [-0.15, -0.1) is 0 Å². The average Bonchev–Trinajstić information content (AvgIpc) is 2.83. The SMILES string of the molecule is CCC(C)C(N)c1nc(C(=O)NCC(C)C)co1. The average molecular weight is 253 g/mol. The molecule has 1 aromatic heterocycles. The smallest absolute Gasteiger partial charge is 0.273 e. The molecule has 1 heterocycles. The summed E-state index contributed by atoms with van der Waals surface area (Å²) in [4.78, 5) is 15.9. The summed E-state index contributed by atoms with van der Waals surface area (Å²) < 4.78 is 5.28. The summed E-state index contributed by atoms with van der Waals surface area (Å²) in [6.07, 6.45) is 2.31. The molecule has 0 bridgehead atoms. The van der Waals surface area contributed by atoms with E-state index in [1.54, 1.807) is 0 Å². The van der Waals surface area contributed by atoms with Crippen LogP contribution >= 0.6 is 0 Å². The number of carbonyl (C=O) groups excluding carboxylic acids is 1. The molecule has 2 unspecified atom stereocenters. The molecule has 18 heavy (non-hydrogen) atoms. The molecule has 0 radical (unpaired) electrons. The lowest BCUT2D eigenvalue weighted by molar-refractivity contribution is 0.0944. The van der Waals surface area contributed by atoms with Gasteiger partial charge in [0.2, 0.25) is 5.89 Å². The van der Waals surface area contributed by atoms with Crippen molar-refractivity contribution in [3.63, 3.8) is 0 Å². The Morgan fingerprint density at radius 2 is 2.17 bits per heavy atom. The molecule has 102 valence electrons. The van der Waals surface area contributed by atoms with E-state index in [9.17, 15) is 4.79 Å². The maximum Gasteiger partial charge on any atom is 0.273 e. The zero-order valence-electron chi connectivity index (χ0n) is 11.6. The van der Waals surface area contributed by atoms with Crippen LogP contribution in [0, 0.1) is 11.8 Å². The lowest BCUT2D eigenvalue weighted by atomic mass is 10.0. The number of hydrogen-bond donors (Lipinski definition) is 2. The van der Waals surface area contributed by atoms with Crippen LogP contribution in [0.5, 0.6) is 0 Å². The zero-order chi connectivity index (χ0) is 13.7. The summed E-state index contributed by atoms with van der Waals surface area (Å²) >= 11 is 0. The van der Waals surface area contributed by atoms with Gasteiger partial charge < -0.3 is 15.5 Å². The third-order valence-corrected chi connectivity index (χ3v) is 2.97. The van der Waals surface area contributed by atoms with Gasteiger partial charge in [-0.2, -0.15) is 0 Å². The fourth-order valence-electron chi connectivity index (χ4n) is 1.43. The zero-order valence-corrected chi connectivity index (χ0v) is 11.6. The molecule has 0 spiro atoms. The molecular formula is C13H23N3O2. The third kappa shape index (κ3) is 3.84. The van der Waals surface area contributed by atoms with Crippen molar-refractivity contribution in [3.8, 4) is 0 Å². The van der Waals surface area contributed by atoms with Crippen LogP contribution in [0.4, 0.5) is 0 Å². The molecular weight excluding hydrogens is 230 g/mol. The number of rotatable bonds is 6. The number of amides is 1. The molecule has 5 heteroatoms. The van der Waals surface area contributed by atoms with E-state index in [1.807, 2.05) is 20.8 Å². The Bertz CT molecular complexity index is 387. The van der Waals surface area contributed by atoms with Crippen LogP contribution in [0.25, 0.3) is 0 Å². The predicted molar refractivity (Wildman–Crippen MR) is 70.1 cm³/mol. The van der Waals surface area contributed by atoms with Crippen molar-refractivity contribution in [2.24, 2.45) is 17.6 Å². The first kappa shape index (κ1) is 14.7. The Labute approximate surface area is 108 Å². The minimum absolute atomic E-state index is 0.213. The Kier molecular flexibility index (Phi) is 5.34. The van der Waals surface area contributed by atoms with E-state index in [-0.39, 0.29) is 17.9 Å². The highest BCUT2D eigenvalue weighted by Gasteiger charge is 2.20. The molecule has 0 saturated carbocycles. The Hall–Kier alpha value is -1.36. The highest BCUT2D eigenvalue weighted by molar-refractivity contribution is 5.91. The lowest BCUT2D eigenvalue weighted by Crippen LogP contribution is -2.27. The first-order valence-electron chi connectivity index (χ1n) is 6.44.